The van der Waals surface area contributed by atoms with Crippen LogP contribution in [-0.2, 0) is 17.6 Å². The highest BCUT2D eigenvalue weighted by Crippen LogP contribution is 2.25. The predicted octanol–water partition coefficient (Wildman–Crippen LogP) is 3.13. The Balaban J connectivity index is 1.63. The number of carbonyl (C=O) groups is 1. The summed E-state index contributed by atoms with van der Waals surface area (Å²) in [6.45, 7) is 5.21. The molecule has 0 aromatic heterocycles. The molecule has 1 aliphatic heterocycles. The molecule has 1 aromatic rings. The van der Waals surface area contributed by atoms with E-state index in [0.29, 0.717) is 6.04 Å². The van der Waals surface area contributed by atoms with E-state index in [2.05, 4.69) is 42.7 Å². The first-order chi connectivity index (χ1) is 10.6. The molecule has 120 valence electrons. The minimum atomic E-state index is 0.102. The van der Waals surface area contributed by atoms with Gasteiger partial charge in [-0.1, -0.05) is 18.2 Å². The first-order valence-electron chi connectivity index (χ1n) is 8.79. The summed E-state index contributed by atoms with van der Waals surface area (Å²) < 4.78 is 0. The summed E-state index contributed by atoms with van der Waals surface area (Å²) in [4.78, 5) is 12.5. The van der Waals surface area contributed by atoms with Crippen molar-refractivity contribution < 1.29 is 4.79 Å². The lowest BCUT2D eigenvalue weighted by Crippen LogP contribution is -2.43. The molecule has 1 aliphatic carbocycles. The van der Waals surface area contributed by atoms with Crippen LogP contribution in [0.2, 0.25) is 0 Å². The monoisotopic (exact) mass is 300 g/mol. The number of aryl methyl sites for hydroxylation is 2. The van der Waals surface area contributed by atoms with Crippen LogP contribution in [0.25, 0.3) is 0 Å². The van der Waals surface area contributed by atoms with Crippen LogP contribution >= 0.6 is 0 Å². The summed E-state index contributed by atoms with van der Waals surface area (Å²) in [7, 11) is 0. The summed E-state index contributed by atoms with van der Waals surface area (Å²) in [6.07, 6.45) is 6.91. The maximum atomic E-state index is 12.5. The molecule has 3 nitrogen and oxygen atoms in total. The number of carbonyl (C=O) groups excluding carboxylic acids is 1. The zero-order valence-corrected chi connectivity index (χ0v) is 13.8. The lowest BCUT2D eigenvalue weighted by molar-refractivity contribution is -0.126. The Bertz CT molecular complexity index is 540. The Morgan fingerprint density at radius 2 is 2.05 bits per heavy atom. The third-order valence-electron chi connectivity index (χ3n) is 5.23. The van der Waals surface area contributed by atoms with E-state index in [-0.39, 0.29) is 17.9 Å². The number of benzene rings is 1. The Morgan fingerprint density at radius 1 is 1.27 bits per heavy atom. The maximum Gasteiger partial charge on any atom is 0.223 e. The fourth-order valence-corrected chi connectivity index (χ4v) is 3.81. The van der Waals surface area contributed by atoms with Gasteiger partial charge in [0.2, 0.25) is 5.91 Å². The summed E-state index contributed by atoms with van der Waals surface area (Å²) in [5.41, 5.74) is 4.23. The van der Waals surface area contributed by atoms with Gasteiger partial charge in [0.05, 0.1) is 6.04 Å². The first kappa shape index (κ1) is 15.5. The second-order valence-electron chi connectivity index (χ2n) is 7.04. The molecule has 1 saturated heterocycles. The van der Waals surface area contributed by atoms with Gasteiger partial charge in [0.1, 0.15) is 0 Å². The Labute approximate surface area is 133 Å². The van der Waals surface area contributed by atoms with Gasteiger partial charge in [0, 0.05) is 12.0 Å². The van der Waals surface area contributed by atoms with E-state index in [1.165, 1.54) is 42.4 Å². The lowest BCUT2D eigenvalue weighted by Gasteiger charge is -2.28. The molecule has 0 bridgehead atoms. The molecule has 1 aromatic carbocycles. The van der Waals surface area contributed by atoms with E-state index in [1.54, 1.807) is 0 Å². The van der Waals surface area contributed by atoms with Gasteiger partial charge in [0.25, 0.3) is 0 Å². The molecule has 0 spiro atoms. The molecule has 1 unspecified atom stereocenters. The molecule has 3 rings (SSSR count). The van der Waals surface area contributed by atoms with E-state index in [1.807, 2.05) is 0 Å². The van der Waals surface area contributed by atoms with Crippen molar-refractivity contribution in [1.29, 1.82) is 0 Å². The number of hydrogen-bond donors (Lipinski definition) is 2. The van der Waals surface area contributed by atoms with Crippen molar-refractivity contribution in [3.63, 3.8) is 0 Å². The fourth-order valence-electron chi connectivity index (χ4n) is 3.81. The zero-order valence-electron chi connectivity index (χ0n) is 13.8. The lowest BCUT2D eigenvalue weighted by atomic mass is 9.89. The van der Waals surface area contributed by atoms with Gasteiger partial charge in [0.15, 0.2) is 0 Å². The minimum Gasteiger partial charge on any atom is -0.349 e. The zero-order chi connectivity index (χ0) is 15.5. The molecule has 2 N–H and O–H groups in total. The second-order valence-corrected chi connectivity index (χ2v) is 7.04. The third kappa shape index (κ3) is 3.52. The molecule has 22 heavy (non-hydrogen) atoms. The van der Waals surface area contributed by atoms with E-state index in [0.717, 1.165) is 19.4 Å². The first-order valence-corrected chi connectivity index (χ1v) is 8.79. The van der Waals surface area contributed by atoms with Gasteiger partial charge in [-0.2, -0.15) is 0 Å². The van der Waals surface area contributed by atoms with E-state index < -0.39 is 0 Å². The van der Waals surface area contributed by atoms with Crippen LogP contribution in [0.1, 0.15) is 62.3 Å². The van der Waals surface area contributed by atoms with Crippen molar-refractivity contribution in [3.05, 3.63) is 34.9 Å². The van der Waals surface area contributed by atoms with E-state index in [9.17, 15) is 4.79 Å². The Kier molecular flexibility index (Phi) is 4.82. The van der Waals surface area contributed by atoms with Crippen molar-refractivity contribution in [1.82, 2.24) is 10.6 Å². The van der Waals surface area contributed by atoms with Crippen LogP contribution in [0.5, 0.6) is 0 Å². The molecule has 1 fully saturated rings. The number of rotatable bonds is 3. The molecule has 0 saturated carbocycles. The molecule has 0 radical (unpaired) electrons. The second kappa shape index (κ2) is 6.82. The van der Waals surface area contributed by atoms with Gasteiger partial charge in [-0.15, -0.1) is 0 Å². The van der Waals surface area contributed by atoms with Crippen molar-refractivity contribution in [2.24, 2.45) is 5.92 Å². The van der Waals surface area contributed by atoms with E-state index in [4.69, 9.17) is 0 Å². The number of fused-ring (bicyclic) bond motifs is 1. The summed E-state index contributed by atoms with van der Waals surface area (Å²) in [6, 6.07) is 7.32. The van der Waals surface area contributed by atoms with Crippen molar-refractivity contribution in [2.45, 2.75) is 64.5 Å². The average Bonchev–Trinajstić information content (AvgIpc) is 2.54. The molecule has 3 atom stereocenters. The van der Waals surface area contributed by atoms with Crippen LogP contribution in [0, 0.1) is 5.92 Å². The smallest absolute Gasteiger partial charge is 0.223 e. The van der Waals surface area contributed by atoms with Crippen molar-refractivity contribution in [3.8, 4) is 0 Å². The molecular weight excluding hydrogens is 272 g/mol. The molecule has 1 heterocycles. The van der Waals surface area contributed by atoms with Crippen LogP contribution in [0.4, 0.5) is 0 Å². The molecule has 3 heteroatoms. The number of amides is 1. The average molecular weight is 300 g/mol. The standard InChI is InChI=1S/C19H28N2O/c1-13-11-18(9-10-20-13)19(22)21-14(2)16-8-7-15-5-3-4-6-17(15)12-16/h7-8,12-14,18,20H,3-6,9-11H2,1-2H3,(H,21,22)/t13-,14?,18-/m0/s1. The number of piperidine rings is 1. The van der Waals surface area contributed by atoms with Crippen LogP contribution in [0.3, 0.4) is 0 Å². The largest absolute Gasteiger partial charge is 0.349 e. The number of nitrogens with one attached hydrogen (secondary N) is 2. The van der Waals surface area contributed by atoms with Crippen LogP contribution in [0.15, 0.2) is 18.2 Å². The van der Waals surface area contributed by atoms with E-state index >= 15 is 0 Å². The quantitative estimate of drug-likeness (QED) is 0.900. The van der Waals surface area contributed by atoms with Gasteiger partial charge >= 0.3 is 0 Å². The van der Waals surface area contributed by atoms with Crippen molar-refractivity contribution in [2.75, 3.05) is 6.54 Å². The van der Waals surface area contributed by atoms with Crippen LogP contribution in [-0.4, -0.2) is 18.5 Å². The minimum absolute atomic E-state index is 0.102. The topological polar surface area (TPSA) is 41.1 Å². The summed E-state index contributed by atoms with van der Waals surface area (Å²) in [5, 5.41) is 6.63. The van der Waals surface area contributed by atoms with Gasteiger partial charge in [-0.3, -0.25) is 4.79 Å². The Hall–Kier alpha value is -1.35. The highest BCUT2D eigenvalue weighted by Gasteiger charge is 2.25. The summed E-state index contributed by atoms with van der Waals surface area (Å²) in [5.74, 6) is 0.384. The SMILES string of the molecule is CC(NC(=O)[C@H]1CCN[C@@H](C)C1)c1ccc2c(c1)CCCC2. The predicted molar refractivity (Wildman–Crippen MR) is 89.8 cm³/mol. The van der Waals surface area contributed by atoms with Gasteiger partial charge < -0.3 is 10.6 Å². The fraction of sp³-hybridized carbons (Fsp3) is 0.632. The van der Waals surface area contributed by atoms with Crippen molar-refractivity contribution >= 4 is 5.91 Å². The normalized spacial score (nSPS) is 26.1. The maximum absolute atomic E-state index is 12.5. The molecule has 2 aliphatic rings. The van der Waals surface area contributed by atoms with Gasteiger partial charge in [-0.05, 0) is 75.6 Å². The number of hydrogen-bond acceptors (Lipinski definition) is 2. The van der Waals surface area contributed by atoms with Gasteiger partial charge in [-0.25, -0.2) is 0 Å². The summed E-state index contributed by atoms with van der Waals surface area (Å²) >= 11 is 0. The highest BCUT2D eigenvalue weighted by molar-refractivity contribution is 5.79. The third-order valence-corrected chi connectivity index (χ3v) is 5.23. The Morgan fingerprint density at radius 3 is 2.82 bits per heavy atom. The highest BCUT2D eigenvalue weighted by atomic mass is 16.1. The van der Waals surface area contributed by atoms with Crippen LogP contribution < -0.4 is 10.6 Å². The molecular formula is C19H28N2O. The molecule has 1 amide bonds.